The van der Waals surface area contributed by atoms with Gasteiger partial charge in [-0.05, 0) is 79.7 Å². The summed E-state index contributed by atoms with van der Waals surface area (Å²) in [6.45, 7) is 25.5. The van der Waals surface area contributed by atoms with Crippen LogP contribution in [0.15, 0.2) is 0 Å². The summed E-state index contributed by atoms with van der Waals surface area (Å²) in [4.78, 5) is 0. The first kappa shape index (κ1) is 21.7. The van der Waals surface area contributed by atoms with Gasteiger partial charge in [-0.25, -0.2) is 0 Å². The fourth-order valence-corrected chi connectivity index (χ4v) is 13.5. The van der Waals surface area contributed by atoms with Gasteiger partial charge in [0.15, 0.2) is 25.0 Å². The van der Waals surface area contributed by atoms with E-state index in [0.717, 1.165) is 0 Å². The van der Waals surface area contributed by atoms with Crippen LogP contribution in [0.4, 0.5) is 0 Å². The third-order valence-corrected chi connectivity index (χ3v) is 12.9. The Morgan fingerprint density at radius 3 is 0.905 bits per heavy atom. The van der Waals surface area contributed by atoms with Crippen molar-refractivity contribution in [2.75, 3.05) is 0 Å². The third kappa shape index (κ3) is 11.9. The average Bonchev–Trinajstić information content (AvgIpc) is 1.83. The van der Waals surface area contributed by atoms with E-state index in [2.05, 4.69) is 58.9 Å². The van der Waals surface area contributed by atoms with E-state index < -0.39 is 34.0 Å². The minimum Gasteiger partial charge on any atom is -0.395 e. The topological polar surface area (TPSA) is 36.9 Å². The Morgan fingerprint density at radius 1 is 0.524 bits per heavy atom. The van der Waals surface area contributed by atoms with Crippen molar-refractivity contribution >= 4 is 34.0 Å². The molecule has 0 spiro atoms. The van der Waals surface area contributed by atoms with Crippen LogP contribution in [0.5, 0.6) is 0 Å². The Morgan fingerprint density at radius 2 is 0.762 bits per heavy atom. The zero-order valence-electron chi connectivity index (χ0n) is 16.1. The van der Waals surface area contributed by atoms with Gasteiger partial charge in [-0.15, -0.1) is 0 Å². The first-order valence-electron chi connectivity index (χ1n) is 7.63. The highest BCUT2D eigenvalue weighted by Crippen LogP contribution is 2.30. The molecule has 0 aliphatic heterocycles. The summed E-state index contributed by atoms with van der Waals surface area (Å²) in [7, 11) is -8.73. The second-order valence-corrected chi connectivity index (χ2v) is 25.7. The molecule has 0 saturated heterocycles. The van der Waals surface area contributed by atoms with E-state index in [4.69, 9.17) is 16.8 Å². The molecule has 0 aliphatic rings. The van der Waals surface area contributed by atoms with Gasteiger partial charge >= 0.3 is 9.05 Å². The molecule has 0 aliphatic carbocycles. The van der Waals surface area contributed by atoms with Gasteiger partial charge in [0, 0.05) is 0 Å². The minimum absolute atomic E-state index is 0.356. The molecule has 4 nitrogen and oxygen atoms in total. The summed E-state index contributed by atoms with van der Waals surface area (Å²) in [6, 6.07) is 0. The van der Waals surface area contributed by atoms with Crippen LogP contribution in [-0.2, 0) is 16.8 Å². The molecule has 8 heteroatoms. The summed E-state index contributed by atoms with van der Waals surface area (Å²) in [5.74, 6) is 0. The van der Waals surface area contributed by atoms with E-state index in [9.17, 15) is 0 Å². The van der Waals surface area contributed by atoms with E-state index in [1.54, 1.807) is 0 Å². The molecule has 128 valence electrons. The molecule has 0 fully saturated rings. The van der Waals surface area contributed by atoms with E-state index in [0.29, 0.717) is 0 Å². The maximum atomic E-state index is 6.43. The van der Waals surface area contributed by atoms with Crippen LogP contribution in [0.25, 0.3) is 0 Å². The molecule has 0 saturated carbocycles. The van der Waals surface area contributed by atoms with Crippen LogP contribution in [0.1, 0.15) is 20.8 Å². The van der Waals surface area contributed by atoms with Crippen molar-refractivity contribution in [1.82, 2.24) is 0 Å². The van der Waals surface area contributed by atoms with Crippen molar-refractivity contribution in [3.8, 4) is 0 Å². The Balaban J connectivity index is 5.70. The summed E-state index contributed by atoms with van der Waals surface area (Å²) in [5, 5.41) is 0. The molecule has 0 aromatic rings. The Hall–Kier alpha value is 0.708. The Bertz CT molecular complexity index is 265. The van der Waals surface area contributed by atoms with Crippen molar-refractivity contribution < 1.29 is 16.8 Å². The van der Waals surface area contributed by atoms with Crippen LogP contribution >= 0.6 is 0 Å². The molecular formula is C13H36O4Si4. The minimum atomic E-state index is -3.15. The third-order valence-electron chi connectivity index (χ3n) is 1.72. The lowest BCUT2D eigenvalue weighted by molar-refractivity contribution is 0.00213. The summed E-state index contributed by atoms with van der Waals surface area (Å²) < 4.78 is 25.6. The van der Waals surface area contributed by atoms with Gasteiger partial charge in [0.2, 0.25) is 0 Å². The molecule has 0 amide bonds. The predicted molar refractivity (Wildman–Crippen MR) is 99.9 cm³/mol. The quantitative estimate of drug-likeness (QED) is 0.605. The Kier molecular flexibility index (Phi) is 6.90. The van der Waals surface area contributed by atoms with Gasteiger partial charge in [0.25, 0.3) is 0 Å². The standard InChI is InChI=1S/C13H36O4Si4/c1-13(2,3)14-21(15-18(4,5)6,16-19(7,8)9)17-20(10,11)12/h1-12H3. The lowest BCUT2D eigenvalue weighted by atomic mass is 10.2. The van der Waals surface area contributed by atoms with Gasteiger partial charge in [-0.3, -0.25) is 0 Å². The lowest BCUT2D eigenvalue weighted by Crippen LogP contribution is -2.64. The molecule has 0 radical (unpaired) electrons. The average molecular weight is 369 g/mol. The maximum Gasteiger partial charge on any atom is 0.648 e. The molecule has 0 N–H and O–H groups in total. The normalized spacial score (nSPS) is 15.4. The SMILES string of the molecule is CC(C)(C)O[Si](O[Si](C)(C)C)(O[Si](C)(C)C)O[Si](C)(C)C. The summed E-state index contributed by atoms with van der Waals surface area (Å²) in [6.07, 6.45) is 0. The molecule has 0 unspecified atom stereocenters. The molecule has 0 rings (SSSR count). The lowest BCUT2D eigenvalue weighted by Gasteiger charge is -2.43. The zero-order valence-corrected chi connectivity index (χ0v) is 20.1. The van der Waals surface area contributed by atoms with E-state index in [1.165, 1.54) is 0 Å². The van der Waals surface area contributed by atoms with Crippen LogP contribution in [-0.4, -0.2) is 39.6 Å². The van der Waals surface area contributed by atoms with E-state index in [1.807, 2.05) is 20.8 Å². The molecule has 0 bridgehead atoms. The largest absolute Gasteiger partial charge is 0.648 e. The van der Waals surface area contributed by atoms with Crippen molar-refractivity contribution in [3.05, 3.63) is 0 Å². The van der Waals surface area contributed by atoms with Crippen molar-refractivity contribution in [2.24, 2.45) is 0 Å². The van der Waals surface area contributed by atoms with Gasteiger partial charge in [0.1, 0.15) is 0 Å². The van der Waals surface area contributed by atoms with Crippen LogP contribution in [0.2, 0.25) is 58.9 Å². The second-order valence-electron chi connectivity index (χ2n) is 9.36. The monoisotopic (exact) mass is 368 g/mol. The fraction of sp³-hybridized carbons (Fsp3) is 1.00. The van der Waals surface area contributed by atoms with Gasteiger partial charge in [-0.1, -0.05) is 0 Å². The van der Waals surface area contributed by atoms with Crippen LogP contribution in [0, 0.1) is 0 Å². The first-order valence-corrected chi connectivity index (χ1v) is 19.5. The number of hydrogen-bond donors (Lipinski definition) is 0. The highest BCUT2D eigenvalue weighted by atomic mass is 28.5. The highest BCUT2D eigenvalue weighted by Gasteiger charge is 2.55. The van der Waals surface area contributed by atoms with Crippen LogP contribution in [0.3, 0.4) is 0 Å². The van der Waals surface area contributed by atoms with E-state index >= 15 is 0 Å². The number of rotatable bonds is 7. The summed E-state index contributed by atoms with van der Waals surface area (Å²) in [5.41, 5.74) is -0.356. The molecule has 0 aromatic carbocycles. The predicted octanol–water partition coefficient (Wildman–Crippen LogP) is 4.79. The van der Waals surface area contributed by atoms with Crippen molar-refractivity contribution in [2.45, 2.75) is 85.3 Å². The van der Waals surface area contributed by atoms with Crippen molar-refractivity contribution in [3.63, 3.8) is 0 Å². The van der Waals surface area contributed by atoms with Crippen molar-refractivity contribution in [1.29, 1.82) is 0 Å². The number of hydrogen-bond acceptors (Lipinski definition) is 4. The van der Waals surface area contributed by atoms with Gasteiger partial charge in [-0.2, -0.15) is 0 Å². The molecule has 21 heavy (non-hydrogen) atoms. The van der Waals surface area contributed by atoms with Crippen LogP contribution < -0.4 is 0 Å². The van der Waals surface area contributed by atoms with Gasteiger partial charge in [0.05, 0.1) is 5.60 Å². The first-order chi connectivity index (χ1) is 8.83. The Labute approximate surface area is 136 Å². The summed E-state index contributed by atoms with van der Waals surface area (Å²) >= 11 is 0. The molecule has 0 atom stereocenters. The fourth-order valence-electron chi connectivity index (χ4n) is 1.63. The zero-order chi connectivity index (χ0) is 17.3. The second kappa shape index (κ2) is 6.68. The van der Waals surface area contributed by atoms with Gasteiger partial charge < -0.3 is 16.8 Å². The molecule has 0 aromatic heterocycles. The highest BCUT2D eigenvalue weighted by molar-refractivity contribution is 6.87. The molecule has 0 heterocycles. The molecular weight excluding hydrogens is 332 g/mol. The van der Waals surface area contributed by atoms with E-state index in [-0.39, 0.29) is 5.60 Å². The smallest absolute Gasteiger partial charge is 0.395 e. The maximum absolute atomic E-state index is 6.43.